The van der Waals surface area contributed by atoms with E-state index in [4.69, 9.17) is 9.26 Å². The van der Waals surface area contributed by atoms with Crippen molar-refractivity contribution >= 4 is 11.8 Å². The molecule has 0 radical (unpaired) electrons. The van der Waals surface area contributed by atoms with Gasteiger partial charge in [0, 0.05) is 17.8 Å². The van der Waals surface area contributed by atoms with Gasteiger partial charge in [-0.1, -0.05) is 17.3 Å². The minimum atomic E-state index is -0.530. The van der Waals surface area contributed by atoms with E-state index in [9.17, 15) is 14.4 Å². The highest BCUT2D eigenvalue weighted by Crippen LogP contribution is 2.18. The molecule has 9 heteroatoms. The summed E-state index contributed by atoms with van der Waals surface area (Å²) in [4.78, 5) is 35.8. The topological polar surface area (TPSA) is 115 Å². The maximum Gasteiger partial charge on any atom is 0.269 e. The fraction of sp³-hybridized carbons (Fsp3) is 0.200. The average Bonchev–Trinajstić information content (AvgIpc) is 3.04. The van der Waals surface area contributed by atoms with Gasteiger partial charge in [0.25, 0.3) is 17.4 Å². The van der Waals surface area contributed by atoms with Gasteiger partial charge in [0.05, 0.1) is 11.3 Å². The standard InChI is InChI=1S/C20H20N4O5/c1-13-17(14(2)29-23-13)12-28-16-7-5-6-15(10-16)20(27)22-21-18(25)11-24-9-4-3-8-19(24)26/h3-10H,11-12H2,1-2H3,(H,21,25)(H,22,27). The third-order valence-electron chi connectivity index (χ3n) is 4.19. The summed E-state index contributed by atoms with van der Waals surface area (Å²) >= 11 is 0. The van der Waals surface area contributed by atoms with Crippen molar-refractivity contribution in [2.75, 3.05) is 0 Å². The summed E-state index contributed by atoms with van der Waals surface area (Å²) in [5.74, 6) is 0.121. The molecule has 0 saturated heterocycles. The highest BCUT2D eigenvalue weighted by Gasteiger charge is 2.12. The van der Waals surface area contributed by atoms with Crippen molar-refractivity contribution in [2.24, 2.45) is 0 Å². The third-order valence-corrected chi connectivity index (χ3v) is 4.19. The Balaban J connectivity index is 1.55. The maximum atomic E-state index is 12.3. The molecule has 2 N–H and O–H groups in total. The lowest BCUT2D eigenvalue weighted by atomic mass is 10.2. The summed E-state index contributed by atoms with van der Waals surface area (Å²) in [6.07, 6.45) is 1.49. The summed E-state index contributed by atoms with van der Waals surface area (Å²) in [6.45, 7) is 3.68. The Morgan fingerprint density at radius 3 is 2.69 bits per heavy atom. The van der Waals surface area contributed by atoms with Crippen LogP contribution in [0.3, 0.4) is 0 Å². The van der Waals surface area contributed by atoms with Gasteiger partial charge in [-0.15, -0.1) is 0 Å². The van der Waals surface area contributed by atoms with E-state index in [1.54, 1.807) is 43.3 Å². The number of carbonyl (C=O) groups excluding carboxylic acids is 2. The van der Waals surface area contributed by atoms with E-state index in [1.165, 1.54) is 16.8 Å². The van der Waals surface area contributed by atoms with Gasteiger partial charge in [0.2, 0.25) is 0 Å². The lowest BCUT2D eigenvalue weighted by Crippen LogP contribution is -2.44. The number of hydrogen-bond donors (Lipinski definition) is 2. The number of ether oxygens (including phenoxy) is 1. The summed E-state index contributed by atoms with van der Waals surface area (Å²) < 4.78 is 12.0. The van der Waals surface area contributed by atoms with Gasteiger partial charge >= 0.3 is 0 Å². The van der Waals surface area contributed by atoms with Crippen molar-refractivity contribution in [1.82, 2.24) is 20.6 Å². The Labute approximate surface area is 166 Å². The van der Waals surface area contributed by atoms with Crippen LogP contribution >= 0.6 is 0 Å². The lowest BCUT2D eigenvalue weighted by Gasteiger charge is -2.10. The van der Waals surface area contributed by atoms with Gasteiger partial charge in [-0.05, 0) is 38.1 Å². The van der Waals surface area contributed by atoms with Gasteiger partial charge in [-0.3, -0.25) is 25.2 Å². The summed E-state index contributed by atoms with van der Waals surface area (Å²) in [6, 6.07) is 11.1. The van der Waals surface area contributed by atoms with E-state index < -0.39 is 11.8 Å². The fourth-order valence-corrected chi connectivity index (χ4v) is 2.57. The minimum Gasteiger partial charge on any atom is -0.489 e. The summed E-state index contributed by atoms with van der Waals surface area (Å²) in [5, 5.41) is 3.87. The minimum absolute atomic E-state index is 0.208. The second-order valence-corrected chi connectivity index (χ2v) is 6.29. The molecule has 0 saturated carbocycles. The number of pyridine rings is 1. The first-order chi connectivity index (χ1) is 13.9. The molecule has 3 rings (SSSR count). The second kappa shape index (κ2) is 8.87. The van der Waals surface area contributed by atoms with E-state index in [0.717, 1.165) is 11.3 Å². The van der Waals surface area contributed by atoms with Crippen LogP contribution < -0.4 is 21.1 Å². The number of benzene rings is 1. The van der Waals surface area contributed by atoms with Crippen molar-refractivity contribution in [1.29, 1.82) is 0 Å². The Morgan fingerprint density at radius 1 is 1.14 bits per heavy atom. The number of rotatable bonds is 6. The molecule has 2 aromatic heterocycles. The predicted molar refractivity (Wildman–Crippen MR) is 103 cm³/mol. The first-order valence-corrected chi connectivity index (χ1v) is 8.83. The maximum absolute atomic E-state index is 12.3. The summed E-state index contributed by atoms with van der Waals surface area (Å²) in [5.41, 5.74) is 6.20. The molecule has 150 valence electrons. The van der Waals surface area contributed by atoms with E-state index in [-0.39, 0.29) is 18.7 Å². The van der Waals surface area contributed by atoms with Gasteiger partial charge in [0.15, 0.2) is 0 Å². The molecule has 0 aliphatic heterocycles. The molecule has 0 unspecified atom stereocenters. The van der Waals surface area contributed by atoms with Crippen LogP contribution in [0.5, 0.6) is 5.75 Å². The van der Waals surface area contributed by atoms with E-state index in [0.29, 0.717) is 17.1 Å². The van der Waals surface area contributed by atoms with Crippen LogP contribution in [0.1, 0.15) is 27.4 Å². The number of amides is 2. The number of hydrogen-bond acceptors (Lipinski definition) is 6. The zero-order chi connectivity index (χ0) is 20.8. The van der Waals surface area contributed by atoms with E-state index in [1.807, 2.05) is 6.92 Å². The monoisotopic (exact) mass is 396 g/mol. The highest BCUT2D eigenvalue weighted by molar-refractivity contribution is 5.95. The number of carbonyl (C=O) groups is 2. The quantitative estimate of drug-likeness (QED) is 0.610. The van der Waals surface area contributed by atoms with Crippen molar-refractivity contribution in [3.8, 4) is 5.75 Å². The molecule has 0 spiro atoms. The lowest BCUT2D eigenvalue weighted by molar-refractivity contribution is -0.122. The molecule has 9 nitrogen and oxygen atoms in total. The largest absolute Gasteiger partial charge is 0.489 e. The van der Waals surface area contributed by atoms with Crippen molar-refractivity contribution in [3.05, 3.63) is 81.6 Å². The van der Waals surface area contributed by atoms with Crippen molar-refractivity contribution in [2.45, 2.75) is 27.0 Å². The van der Waals surface area contributed by atoms with E-state index >= 15 is 0 Å². The third kappa shape index (κ3) is 5.10. The Hall–Kier alpha value is -3.88. The predicted octanol–water partition coefficient (Wildman–Crippen LogP) is 1.49. The number of nitrogens with zero attached hydrogens (tertiary/aromatic N) is 2. The number of nitrogens with one attached hydrogen (secondary N) is 2. The number of aromatic nitrogens is 2. The molecule has 3 aromatic rings. The highest BCUT2D eigenvalue weighted by atomic mass is 16.5. The average molecular weight is 396 g/mol. The Kier molecular flexibility index (Phi) is 6.08. The van der Waals surface area contributed by atoms with Crippen LogP contribution in [-0.2, 0) is 17.9 Å². The fourth-order valence-electron chi connectivity index (χ4n) is 2.57. The first-order valence-electron chi connectivity index (χ1n) is 8.83. The number of hydrazine groups is 1. The molecule has 0 fully saturated rings. The van der Waals surface area contributed by atoms with Gasteiger partial charge in [-0.25, -0.2) is 0 Å². The molecule has 0 bridgehead atoms. The van der Waals surface area contributed by atoms with Crippen LogP contribution in [0.2, 0.25) is 0 Å². The first kappa shape index (κ1) is 19.9. The smallest absolute Gasteiger partial charge is 0.269 e. The molecule has 2 amide bonds. The Bertz CT molecular complexity index is 1070. The van der Waals surface area contributed by atoms with Gasteiger partial charge < -0.3 is 13.8 Å². The molecule has 2 heterocycles. The van der Waals surface area contributed by atoms with Crippen molar-refractivity contribution < 1.29 is 18.8 Å². The second-order valence-electron chi connectivity index (χ2n) is 6.29. The zero-order valence-corrected chi connectivity index (χ0v) is 16.0. The van der Waals surface area contributed by atoms with Crippen molar-refractivity contribution in [3.63, 3.8) is 0 Å². The molecular formula is C20H20N4O5. The molecule has 0 aliphatic rings. The molecule has 0 atom stereocenters. The van der Waals surface area contributed by atoms with Crippen LogP contribution in [0.4, 0.5) is 0 Å². The van der Waals surface area contributed by atoms with E-state index in [2.05, 4.69) is 16.0 Å². The van der Waals surface area contributed by atoms with Crippen LogP contribution in [0.25, 0.3) is 0 Å². The van der Waals surface area contributed by atoms with Gasteiger partial charge in [0.1, 0.15) is 24.7 Å². The molecule has 0 aliphatic carbocycles. The molecule has 29 heavy (non-hydrogen) atoms. The molecule has 1 aromatic carbocycles. The molecular weight excluding hydrogens is 376 g/mol. The Morgan fingerprint density at radius 2 is 1.97 bits per heavy atom. The van der Waals surface area contributed by atoms with Crippen LogP contribution in [0, 0.1) is 13.8 Å². The number of aryl methyl sites for hydroxylation is 2. The normalized spacial score (nSPS) is 10.4. The van der Waals surface area contributed by atoms with Crippen LogP contribution in [-0.4, -0.2) is 21.5 Å². The summed E-state index contributed by atoms with van der Waals surface area (Å²) in [7, 11) is 0. The SMILES string of the molecule is Cc1noc(C)c1COc1cccc(C(=O)NNC(=O)Cn2ccccc2=O)c1. The van der Waals surface area contributed by atoms with Crippen LogP contribution in [0.15, 0.2) is 58.0 Å². The van der Waals surface area contributed by atoms with Gasteiger partial charge in [-0.2, -0.15) is 0 Å². The zero-order valence-electron chi connectivity index (χ0n) is 16.0.